The fourth-order valence-electron chi connectivity index (χ4n) is 4.11. The highest BCUT2D eigenvalue weighted by Gasteiger charge is 2.52. The zero-order chi connectivity index (χ0) is 24.6. The van der Waals surface area contributed by atoms with Crippen LogP contribution in [0.15, 0.2) is 42.5 Å². The Hall–Kier alpha value is -2.32. The highest BCUT2D eigenvalue weighted by molar-refractivity contribution is 6.36. The fourth-order valence-corrected chi connectivity index (χ4v) is 5.16. The summed E-state index contributed by atoms with van der Waals surface area (Å²) in [6.07, 6.45) is 0.631. The second-order valence-corrected chi connectivity index (χ2v) is 9.99. The van der Waals surface area contributed by atoms with Crippen LogP contribution in [0.2, 0.25) is 10.0 Å². The Bertz CT molecular complexity index is 1150. The van der Waals surface area contributed by atoms with E-state index in [0.29, 0.717) is 23.6 Å². The molecular formula is C23H18Cl4N2O5. The number of carbonyl (C=O) groups is 4. The van der Waals surface area contributed by atoms with E-state index in [-0.39, 0.29) is 28.1 Å². The summed E-state index contributed by atoms with van der Waals surface area (Å²) in [5.41, 5.74) is 0.643. The van der Waals surface area contributed by atoms with E-state index < -0.39 is 41.1 Å². The third-order valence-corrected chi connectivity index (χ3v) is 7.43. The Kier molecular flexibility index (Phi) is 7.38. The molecule has 0 bridgehead atoms. The lowest BCUT2D eigenvalue weighted by molar-refractivity contribution is -0.122. The summed E-state index contributed by atoms with van der Waals surface area (Å²) in [6, 6.07) is 10.5. The first-order valence-electron chi connectivity index (χ1n) is 10.3. The van der Waals surface area contributed by atoms with E-state index in [9.17, 15) is 19.2 Å². The minimum atomic E-state index is -0.794. The molecular weight excluding hydrogens is 526 g/mol. The molecule has 1 saturated heterocycles. The van der Waals surface area contributed by atoms with Crippen molar-refractivity contribution in [2.45, 2.75) is 23.6 Å². The maximum Gasteiger partial charge on any atom is 0.338 e. The quantitative estimate of drug-likeness (QED) is 0.329. The van der Waals surface area contributed by atoms with Crippen molar-refractivity contribution < 1.29 is 23.9 Å². The molecule has 4 atom stereocenters. The van der Waals surface area contributed by atoms with Gasteiger partial charge in [0.05, 0.1) is 44.6 Å². The summed E-state index contributed by atoms with van der Waals surface area (Å²) >= 11 is 24.3. The maximum absolute atomic E-state index is 12.9. The summed E-state index contributed by atoms with van der Waals surface area (Å²) in [7, 11) is 0. The Balaban J connectivity index is 1.42. The van der Waals surface area contributed by atoms with E-state index in [4.69, 9.17) is 51.1 Å². The topological polar surface area (TPSA) is 92.8 Å². The predicted molar refractivity (Wildman–Crippen MR) is 130 cm³/mol. The second-order valence-electron chi connectivity index (χ2n) is 8.03. The minimum Gasteiger partial charge on any atom is -0.452 e. The van der Waals surface area contributed by atoms with Gasteiger partial charge in [0.25, 0.3) is 5.91 Å². The first-order chi connectivity index (χ1) is 16.2. The van der Waals surface area contributed by atoms with Crippen LogP contribution in [0.4, 0.5) is 11.4 Å². The Labute approximate surface area is 215 Å². The molecule has 0 radical (unpaired) electrons. The summed E-state index contributed by atoms with van der Waals surface area (Å²) in [6.45, 7) is -0.567. The van der Waals surface area contributed by atoms with Crippen LogP contribution in [0.1, 0.15) is 23.2 Å². The van der Waals surface area contributed by atoms with Gasteiger partial charge in [-0.1, -0.05) is 29.3 Å². The lowest BCUT2D eigenvalue weighted by Crippen LogP contribution is -2.34. The number of carbonyl (C=O) groups excluding carboxylic acids is 4. The molecule has 0 aromatic heterocycles. The number of nitrogens with one attached hydrogen (secondary N) is 1. The number of hydrogen-bond donors (Lipinski definition) is 1. The van der Waals surface area contributed by atoms with Gasteiger partial charge in [-0.25, -0.2) is 4.79 Å². The molecule has 2 aliphatic rings. The fraction of sp³-hybridized carbons (Fsp3) is 0.304. The molecule has 34 heavy (non-hydrogen) atoms. The molecule has 1 aliphatic heterocycles. The molecule has 0 unspecified atom stereocenters. The molecule has 0 spiro atoms. The molecule has 7 nitrogen and oxygen atoms in total. The van der Waals surface area contributed by atoms with E-state index in [0.717, 1.165) is 4.90 Å². The average molecular weight is 544 g/mol. The molecule has 11 heteroatoms. The van der Waals surface area contributed by atoms with Crippen molar-refractivity contribution in [2.75, 3.05) is 16.8 Å². The van der Waals surface area contributed by atoms with Crippen LogP contribution in [-0.2, 0) is 19.1 Å². The van der Waals surface area contributed by atoms with Crippen LogP contribution >= 0.6 is 46.4 Å². The highest BCUT2D eigenvalue weighted by Crippen LogP contribution is 2.43. The first-order valence-corrected chi connectivity index (χ1v) is 12.0. The Morgan fingerprint density at radius 1 is 0.971 bits per heavy atom. The maximum atomic E-state index is 12.9. The molecule has 2 aromatic carbocycles. The zero-order valence-corrected chi connectivity index (χ0v) is 20.5. The van der Waals surface area contributed by atoms with Gasteiger partial charge in [-0.15, -0.1) is 23.2 Å². The predicted octanol–water partition coefficient (Wildman–Crippen LogP) is 4.90. The number of hydrogen-bond acceptors (Lipinski definition) is 5. The number of rotatable bonds is 5. The number of ether oxygens (including phenoxy) is 1. The van der Waals surface area contributed by atoms with Gasteiger partial charge in [0.1, 0.15) is 0 Å². The van der Waals surface area contributed by atoms with Crippen LogP contribution in [0.3, 0.4) is 0 Å². The van der Waals surface area contributed by atoms with Crippen molar-refractivity contribution in [3.05, 3.63) is 58.1 Å². The van der Waals surface area contributed by atoms with Crippen LogP contribution < -0.4 is 10.2 Å². The van der Waals surface area contributed by atoms with E-state index in [1.165, 1.54) is 30.3 Å². The molecule has 2 fully saturated rings. The SMILES string of the molecule is O=C(COC(=O)c1cccc(N2C(=O)[C@@H]3C[C@H](Cl)[C@@H](Cl)C[C@H]3C2=O)c1)Nc1ccc(Cl)cc1Cl. The van der Waals surface area contributed by atoms with Crippen molar-refractivity contribution in [2.24, 2.45) is 11.8 Å². The van der Waals surface area contributed by atoms with E-state index in [1.54, 1.807) is 12.1 Å². The van der Waals surface area contributed by atoms with Crippen LogP contribution in [0.5, 0.6) is 0 Å². The second kappa shape index (κ2) is 10.1. The summed E-state index contributed by atoms with van der Waals surface area (Å²) in [5, 5.41) is 2.38. The first kappa shape index (κ1) is 24.8. The Morgan fingerprint density at radius 2 is 1.62 bits per heavy atom. The minimum absolute atomic E-state index is 0.0794. The van der Waals surface area contributed by atoms with E-state index in [1.807, 2.05) is 0 Å². The van der Waals surface area contributed by atoms with Crippen molar-refractivity contribution in [3.63, 3.8) is 0 Å². The molecule has 1 aliphatic carbocycles. The zero-order valence-electron chi connectivity index (χ0n) is 17.5. The number of halogens is 4. The molecule has 2 aromatic rings. The monoisotopic (exact) mass is 542 g/mol. The number of esters is 1. The summed E-state index contributed by atoms with van der Waals surface area (Å²) in [4.78, 5) is 51.6. The number of nitrogens with zero attached hydrogens (tertiary/aromatic N) is 1. The number of imide groups is 1. The van der Waals surface area contributed by atoms with E-state index in [2.05, 4.69) is 5.32 Å². The van der Waals surface area contributed by atoms with Gasteiger partial charge in [0, 0.05) is 5.02 Å². The van der Waals surface area contributed by atoms with Crippen molar-refractivity contribution >= 4 is 81.5 Å². The highest BCUT2D eigenvalue weighted by atomic mass is 35.5. The van der Waals surface area contributed by atoms with Gasteiger partial charge >= 0.3 is 5.97 Å². The molecule has 1 heterocycles. The van der Waals surface area contributed by atoms with Gasteiger partial charge < -0.3 is 10.1 Å². The van der Waals surface area contributed by atoms with Gasteiger partial charge in [-0.05, 0) is 49.2 Å². The van der Waals surface area contributed by atoms with Gasteiger partial charge in [-0.2, -0.15) is 0 Å². The average Bonchev–Trinajstić information content (AvgIpc) is 3.03. The number of anilines is 2. The number of benzene rings is 2. The lowest BCUT2D eigenvalue weighted by Gasteiger charge is -2.28. The summed E-state index contributed by atoms with van der Waals surface area (Å²) in [5.74, 6) is -3.21. The molecule has 1 saturated carbocycles. The van der Waals surface area contributed by atoms with Crippen molar-refractivity contribution in [1.82, 2.24) is 0 Å². The van der Waals surface area contributed by atoms with Crippen LogP contribution in [0, 0.1) is 11.8 Å². The van der Waals surface area contributed by atoms with Gasteiger partial charge in [0.15, 0.2) is 6.61 Å². The van der Waals surface area contributed by atoms with Gasteiger partial charge in [-0.3, -0.25) is 19.3 Å². The standard InChI is InChI=1S/C23H18Cl4N2O5/c24-12-4-5-19(18(27)7-12)28-20(30)10-34-23(33)11-2-1-3-13(6-11)29-21(31)14-8-16(25)17(26)9-15(14)22(29)32/h1-7,14-17H,8-10H2,(H,28,30)/t14-,15-,16+,17+/m1/s1. The van der Waals surface area contributed by atoms with Crippen molar-refractivity contribution in [3.8, 4) is 0 Å². The third kappa shape index (κ3) is 5.03. The van der Waals surface area contributed by atoms with Gasteiger partial charge in [0.2, 0.25) is 11.8 Å². The van der Waals surface area contributed by atoms with E-state index >= 15 is 0 Å². The lowest BCUT2D eigenvalue weighted by atomic mass is 9.80. The molecule has 4 rings (SSSR count). The number of fused-ring (bicyclic) bond motifs is 1. The molecule has 3 amide bonds. The molecule has 1 N–H and O–H groups in total. The number of amides is 3. The number of alkyl halides is 2. The van der Waals surface area contributed by atoms with Crippen molar-refractivity contribution in [1.29, 1.82) is 0 Å². The normalized spacial score (nSPS) is 24.1. The van der Waals surface area contributed by atoms with Crippen LogP contribution in [-0.4, -0.2) is 41.1 Å². The smallest absolute Gasteiger partial charge is 0.338 e. The summed E-state index contributed by atoms with van der Waals surface area (Å²) < 4.78 is 5.08. The third-order valence-electron chi connectivity index (χ3n) is 5.79. The largest absolute Gasteiger partial charge is 0.452 e. The Morgan fingerprint density at radius 3 is 2.24 bits per heavy atom. The van der Waals surface area contributed by atoms with Crippen LogP contribution in [0.25, 0.3) is 0 Å². The molecule has 178 valence electrons.